The van der Waals surface area contributed by atoms with Gasteiger partial charge in [0.05, 0.1) is 12.5 Å². The summed E-state index contributed by atoms with van der Waals surface area (Å²) in [6, 6.07) is 0. The second-order valence-electron chi connectivity index (χ2n) is 5.69. The highest BCUT2D eigenvalue weighted by atomic mass is 32.2. The third-order valence-electron chi connectivity index (χ3n) is 3.84. The number of halogens is 3. The molecule has 21 heavy (non-hydrogen) atoms. The van der Waals surface area contributed by atoms with Crippen molar-refractivity contribution in [1.82, 2.24) is 15.1 Å². The fourth-order valence-electron chi connectivity index (χ4n) is 2.61. The molecule has 2 rings (SSSR count). The van der Waals surface area contributed by atoms with E-state index in [9.17, 15) is 21.6 Å². The molecule has 1 atom stereocenters. The van der Waals surface area contributed by atoms with Crippen LogP contribution in [0.25, 0.3) is 0 Å². The molecule has 1 aromatic rings. The SMILES string of the molecule is CC1(C)[C@H](C(F)(F)F)CCN1Cc1nnc(S(C)(=O)=O)s1. The van der Waals surface area contributed by atoms with Gasteiger partial charge in [-0.3, -0.25) is 4.90 Å². The second-order valence-corrected chi connectivity index (χ2v) is 8.94. The zero-order valence-corrected chi connectivity index (χ0v) is 13.4. The molecular weight excluding hydrogens is 327 g/mol. The number of sulfone groups is 1. The van der Waals surface area contributed by atoms with Crippen LogP contribution in [-0.4, -0.2) is 48.0 Å². The first kappa shape index (κ1) is 16.6. The van der Waals surface area contributed by atoms with Gasteiger partial charge in [0.15, 0.2) is 0 Å². The molecule has 10 heteroatoms. The maximum Gasteiger partial charge on any atom is 0.393 e. The molecule has 1 fully saturated rings. The highest BCUT2D eigenvalue weighted by molar-refractivity contribution is 7.92. The molecule has 1 aliphatic rings. The highest BCUT2D eigenvalue weighted by Crippen LogP contribution is 2.45. The molecular formula is C11H16F3N3O2S2. The molecule has 0 aliphatic carbocycles. The van der Waals surface area contributed by atoms with Crippen molar-refractivity contribution in [2.45, 2.75) is 42.9 Å². The first-order chi connectivity index (χ1) is 9.42. The van der Waals surface area contributed by atoms with E-state index in [1.54, 1.807) is 18.7 Å². The van der Waals surface area contributed by atoms with E-state index in [0.717, 1.165) is 17.6 Å². The maximum absolute atomic E-state index is 13.0. The van der Waals surface area contributed by atoms with Gasteiger partial charge in [-0.1, -0.05) is 11.3 Å². The van der Waals surface area contributed by atoms with Gasteiger partial charge in [-0.25, -0.2) is 8.42 Å². The molecule has 0 unspecified atom stereocenters. The number of hydrogen-bond acceptors (Lipinski definition) is 6. The van der Waals surface area contributed by atoms with E-state index in [-0.39, 0.29) is 17.3 Å². The van der Waals surface area contributed by atoms with Gasteiger partial charge in [0, 0.05) is 11.8 Å². The highest BCUT2D eigenvalue weighted by Gasteiger charge is 2.54. The normalized spacial score (nSPS) is 23.6. The Morgan fingerprint density at radius 1 is 1.38 bits per heavy atom. The Balaban J connectivity index is 2.16. The fourth-order valence-corrected chi connectivity index (χ4v) is 4.28. The molecule has 120 valence electrons. The summed E-state index contributed by atoms with van der Waals surface area (Å²) in [6.07, 6.45) is -3.18. The van der Waals surface area contributed by atoms with Crippen LogP contribution in [0.4, 0.5) is 13.2 Å². The van der Waals surface area contributed by atoms with Crippen molar-refractivity contribution in [2.24, 2.45) is 5.92 Å². The van der Waals surface area contributed by atoms with Crippen LogP contribution >= 0.6 is 11.3 Å². The predicted octanol–water partition coefficient (Wildman–Crippen LogP) is 2.10. The topological polar surface area (TPSA) is 63.2 Å². The molecule has 0 saturated carbocycles. The molecule has 0 N–H and O–H groups in total. The Morgan fingerprint density at radius 3 is 2.43 bits per heavy atom. The Labute approximate surface area is 125 Å². The van der Waals surface area contributed by atoms with Crippen molar-refractivity contribution in [3.63, 3.8) is 0 Å². The molecule has 5 nitrogen and oxygen atoms in total. The van der Waals surface area contributed by atoms with Crippen LogP contribution in [0, 0.1) is 5.92 Å². The fraction of sp³-hybridized carbons (Fsp3) is 0.818. The number of nitrogens with zero attached hydrogens (tertiary/aromatic N) is 3. The van der Waals surface area contributed by atoms with Gasteiger partial charge in [0.2, 0.25) is 14.2 Å². The smallest absolute Gasteiger partial charge is 0.291 e. The van der Waals surface area contributed by atoms with Crippen LogP contribution in [0.15, 0.2) is 4.34 Å². The van der Waals surface area contributed by atoms with Crippen LogP contribution in [0.3, 0.4) is 0 Å². The lowest BCUT2D eigenvalue weighted by Crippen LogP contribution is -2.46. The molecule has 0 amide bonds. The van der Waals surface area contributed by atoms with E-state index in [1.807, 2.05) is 0 Å². The molecule has 0 bridgehead atoms. The van der Waals surface area contributed by atoms with E-state index >= 15 is 0 Å². The van der Waals surface area contributed by atoms with Crippen LogP contribution < -0.4 is 0 Å². The Hall–Kier alpha value is -0.740. The number of rotatable bonds is 3. The number of likely N-dealkylation sites (tertiary alicyclic amines) is 1. The number of aromatic nitrogens is 2. The van der Waals surface area contributed by atoms with Crippen molar-refractivity contribution in [3.8, 4) is 0 Å². The van der Waals surface area contributed by atoms with E-state index in [0.29, 0.717) is 11.6 Å². The molecule has 0 radical (unpaired) electrons. The number of hydrogen-bond donors (Lipinski definition) is 0. The van der Waals surface area contributed by atoms with Crippen molar-refractivity contribution >= 4 is 21.2 Å². The van der Waals surface area contributed by atoms with Crippen molar-refractivity contribution in [1.29, 1.82) is 0 Å². The lowest BCUT2D eigenvalue weighted by molar-refractivity contribution is -0.191. The average Bonchev–Trinajstić information content (AvgIpc) is 2.83. The summed E-state index contributed by atoms with van der Waals surface area (Å²) in [5.41, 5.74) is -1.05. The summed E-state index contributed by atoms with van der Waals surface area (Å²) in [5.74, 6) is -1.40. The van der Waals surface area contributed by atoms with Gasteiger partial charge in [0.1, 0.15) is 5.01 Å². The van der Waals surface area contributed by atoms with Crippen LogP contribution in [0.5, 0.6) is 0 Å². The summed E-state index contributed by atoms with van der Waals surface area (Å²) < 4.78 is 61.6. The zero-order valence-electron chi connectivity index (χ0n) is 11.8. The zero-order chi connectivity index (χ0) is 16.1. The van der Waals surface area contributed by atoms with E-state index in [4.69, 9.17) is 0 Å². The van der Waals surface area contributed by atoms with Gasteiger partial charge >= 0.3 is 6.18 Å². The van der Waals surface area contributed by atoms with Crippen LogP contribution in [0.1, 0.15) is 25.3 Å². The van der Waals surface area contributed by atoms with Gasteiger partial charge in [-0.2, -0.15) is 13.2 Å². The van der Waals surface area contributed by atoms with E-state index in [2.05, 4.69) is 10.2 Å². The van der Waals surface area contributed by atoms with Gasteiger partial charge in [0.25, 0.3) is 0 Å². The second kappa shape index (κ2) is 5.17. The Kier molecular flexibility index (Phi) is 4.09. The molecule has 2 heterocycles. The van der Waals surface area contributed by atoms with Crippen LogP contribution in [-0.2, 0) is 16.4 Å². The minimum atomic E-state index is -4.24. The minimum Gasteiger partial charge on any atom is -0.291 e. The first-order valence-corrected chi connectivity index (χ1v) is 8.97. The van der Waals surface area contributed by atoms with Gasteiger partial charge in [-0.15, -0.1) is 10.2 Å². The number of alkyl halides is 3. The lowest BCUT2D eigenvalue weighted by Gasteiger charge is -2.36. The molecule has 0 spiro atoms. The van der Waals surface area contributed by atoms with E-state index < -0.39 is 27.5 Å². The molecule has 1 aliphatic heterocycles. The minimum absolute atomic E-state index is 0.0359. The third-order valence-corrected chi connectivity index (χ3v) is 6.42. The average molecular weight is 343 g/mol. The lowest BCUT2D eigenvalue weighted by atomic mass is 9.88. The maximum atomic E-state index is 13.0. The monoisotopic (exact) mass is 343 g/mol. The van der Waals surface area contributed by atoms with Crippen molar-refractivity contribution in [3.05, 3.63) is 5.01 Å². The van der Waals surface area contributed by atoms with Crippen LogP contribution in [0.2, 0.25) is 0 Å². The van der Waals surface area contributed by atoms with E-state index in [1.165, 1.54) is 0 Å². The van der Waals surface area contributed by atoms with Crippen molar-refractivity contribution in [2.75, 3.05) is 12.8 Å². The third kappa shape index (κ3) is 3.37. The van der Waals surface area contributed by atoms with Crippen molar-refractivity contribution < 1.29 is 21.6 Å². The Bertz CT molecular complexity index is 625. The van der Waals surface area contributed by atoms with Gasteiger partial charge < -0.3 is 0 Å². The molecule has 0 aromatic carbocycles. The summed E-state index contributed by atoms with van der Waals surface area (Å²) in [6.45, 7) is 3.57. The standard InChI is InChI=1S/C11H16F3N3O2S2/c1-10(2)7(11(12,13)14)4-5-17(10)6-8-15-16-9(20-8)21(3,18)19/h7H,4-6H2,1-3H3/t7-/m1/s1. The largest absolute Gasteiger partial charge is 0.393 e. The molecule has 1 aromatic heterocycles. The predicted molar refractivity (Wildman–Crippen MR) is 71.7 cm³/mol. The Morgan fingerprint density at radius 2 is 2.00 bits per heavy atom. The summed E-state index contributed by atoms with van der Waals surface area (Å²) in [4.78, 5) is 1.68. The first-order valence-electron chi connectivity index (χ1n) is 6.26. The molecule has 1 saturated heterocycles. The summed E-state index contributed by atoms with van der Waals surface area (Å²) in [5, 5.41) is 7.75. The van der Waals surface area contributed by atoms with Gasteiger partial charge in [-0.05, 0) is 26.8 Å². The summed E-state index contributed by atoms with van der Waals surface area (Å²) in [7, 11) is -3.43. The summed E-state index contributed by atoms with van der Waals surface area (Å²) >= 11 is 0.903. The quantitative estimate of drug-likeness (QED) is 0.841.